The van der Waals surface area contributed by atoms with Crippen molar-refractivity contribution in [3.05, 3.63) is 76.2 Å². The van der Waals surface area contributed by atoms with Crippen LogP contribution in [0.5, 0.6) is 0 Å². The Morgan fingerprint density at radius 1 is 1.00 bits per heavy atom. The van der Waals surface area contributed by atoms with Gasteiger partial charge in [0.1, 0.15) is 5.69 Å². The van der Waals surface area contributed by atoms with Gasteiger partial charge < -0.3 is 15.5 Å². The minimum Gasteiger partial charge on any atom is -0.376 e. The van der Waals surface area contributed by atoms with Crippen LogP contribution in [0.1, 0.15) is 28.9 Å². The number of nitrogens with zero attached hydrogens (tertiary/aromatic N) is 3. The van der Waals surface area contributed by atoms with Crippen LogP contribution in [0.2, 0.25) is 0 Å². The van der Waals surface area contributed by atoms with Gasteiger partial charge in [0.15, 0.2) is 0 Å². The van der Waals surface area contributed by atoms with Crippen LogP contribution in [0, 0.1) is 6.92 Å². The number of amides is 2. The Morgan fingerprint density at radius 3 is 2.44 bits per heavy atom. The molecule has 0 atom stereocenters. The standard InChI is InChI=1S/C24H27N5O3/c1-17-22(24(32)29(27(17)2)20-11-4-3-5-12-20)26-23(31)18-9-8-10-19(15-18)25-16-21(30)28-13-6-7-14-28/h3-5,8-12,15,25H,6-7,13-14,16H2,1-2H3,(H,26,31). The summed E-state index contributed by atoms with van der Waals surface area (Å²) in [6, 6.07) is 16.2. The average molecular weight is 434 g/mol. The minimum absolute atomic E-state index is 0.0544. The molecule has 4 rings (SSSR count). The normalized spacial score (nSPS) is 13.2. The first-order chi connectivity index (χ1) is 15.5. The predicted octanol–water partition coefficient (Wildman–Crippen LogP) is 2.77. The number of benzene rings is 2. The Balaban J connectivity index is 1.49. The molecule has 166 valence electrons. The molecule has 32 heavy (non-hydrogen) atoms. The summed E-state index contributed by atoms with van der Waals surface area (Å²) in [5, 5.41) is 5.86. The quantitative estimate of drug-likeness (QED) is 0.626. The van der Waals surface area contributed by atoms with Crippen LogP contribution in [-0.4, -0.2) is 45.7 Å². The lowest BCUT2D eigenvalue weighted by molar-refractivity contribution is -0.128. The highest BCUT2D eigenvalue weighted by Gasteiger charge is 2.20. The molecule has 1 aliphatic heterocycles. The molecule has 0 radical (unpaired) electrons. The zero-order chi connectivity index (χ0) is 22.7. The smallest absolute Gasteiger partial charge is 0.295 e. The van der Waals surface area contributed by atoms with Gasteiger partial charge >= 0.3 is 0 Å². The first kappa shape index (κ1) is 21.4. The molecule has 2 N–H and O–H groups in total. The molecule has 0 bridgehead atoms. The fourth-order valence-electron chi connectivity index (χ4n) is 3.92. The number of carbonyl (C=O) groups is 2. The van der Waals surface area contributed by atoms with Gasteiger partial charge in [-0.2, -0.15) is 0 Å². The van der Waals surface area contributed by atoms with Crippen LogP contribution in [0.25, 0.3) is 5.69 Å². The Bertz CT molecular complexity index is 1190. The van der Waals surface area contributed by atoms with Crippen LogP contribution in [-0.2, 0) is 11.8 Å². The van der Waals surface area contributed by atoms with Crippen molar-refractivity contribution in [2.75, 3.05) is 30.3 Å². The number of hydrogen-bond acceptors (Lipinski definition) is 4. The van der Waals surface area contributed by atoms with E-state index in [-0.39, 0.29) is 29.6 Å². The number of anilines is 2. The Kier molecular flexibility index (Phi) is 6.11. The van der Waals surface area contributed by atoms with Crippen molar-refractivity contribution in [2.45, 2.75) is 19.8 Å². The highest BCUT2D eigenvalue weighted by Crippen LogP contribution is 2.17. The van der Waals surface area contributed by atoms with E-state index in [0.29, 0.717) is 16.9 Å². The number of hydrogen-bond donors (Lipinski definition) is 2. The monoisotopic (exact) mass is 433 g/mol. The zero-order valence-corrected chi connectivity index (χ0v) is 18.3. The number of nitrogens with one attached hydrogen (secondary N) is 2. The van der Waals surface area contributed by atoms with Crippen molar-refractivity contribution >= 4 is 23.2 Å². The van der Waals surface area contributed by atoms with Gasteiger partial charge in [-0.15, -0.1) is 0 Å². The maximum absolute atomic E-state index is 13.0. The van der Waals surface area contributed by atoms with Gasteiger partial charge in [-0.1, -0.05) is 24.3 Å². The molecule has 1 aliphatic rings. The topological polar surface area (TPSA) is 88.4 Å². The number of carbonyl (C=O) groups excluding carboxylic acids is 2. The van der Waals surface area contributed by atoms with Crippen molar-refractivity contribution in [1.82, 2.24) is 14.3 Å². The third-order valence-electron chi connectivity index (χ3n) is 5.82. The summed E-state index contributed by atoms with van der Waals surface area (Å²) >= 11 is 0. The van der Waals surface area contributed by atoms with E-state index in [2.05, 4.69) is 10.6 Å². The van der Waals surface area contributed by atoms with Gasteiger partial charge in [-0.05, 0) is 50.1 Å². The van der Waals surface area contributed by atoms with E-state index >= 15 is 0 Å². The van der Waals surface area contributed by atoms with E-state index in [4.69, 9.17) is 0 Å². The number of likely N-dealkylation sites (tertiary alicyclic amines) is 1. The summed E-state index contributed by atoms with van der Waals surface area (Å²) in [4.78, 5) is 40.0. The first-order valence-electron chi connectivity index (χ1n) is 10.7. The summed E-state index contributed by atoms with van der Waals surface area (Å²) in [5.41, 5.74) is 2.39. The minimum atomic E-state index is -0.384. The third-order valence-corrected chi connectivity index (χ3v) is 5.82. The van der Waals surface area contributed by atoms with Crippen LogP contribution in [0.15, 0.2) is 59.4 Å². The van der Waals surface area contributed by atoms with Gasteiger partial charge in [-0.3, -0.25) is 19.1 Å². The summed E-state index contributed by atoms with van der Waals surface area (Å²) in [5.74, 6) is -0.329. The van der Waals surface area contributed by atoms with Crippen molar-refractivity contribution in [3.8, 4) is 5.69 Å². The lowest BCUT2D eigenvalue weighted by Crippen LogP contribution is -2.33. The maximum atomic E-state index is 13.0. The lowest BCUT2D eigenvalue weighted by Gasteiger charge is -2.16. The molecule has 1 saturated heterocycles. The molecule has 0 spiro atoms. The summed E-state index contributed by atoms with van der Waals surface area (Å²) in [7, 11) is 1.78. The Morgan fingerprint density at radius 2 is 1.72 bits per heavy atom. The molecule has 0 aliphatic carbocycles. The molecule has 0 saturated carbocycles. The molecule has 8 nitrogen and oxygen atoms in total. The van der Waals surface area contributed by atoms with Crippen molar-refractivity contribution in [3.63, 3.8) is 0 Å². The molecular weight excluding hydrogens is 406 g/mol. The van der Waals surface area contributed by atoms with Gasteiger partial charge in [0, 0.05) is 31.4 Å². The van der Waals surface area contributed by atoms with E-state index in [0.717, 1.165) is 31.6 Å². The molecular formula is C24H27N5O3. The summed E-state index contributed by atoms with van der Waals surface area (Å²) < 4.78 is 3.24. The molecule has 1 aromatic heterocycles. The van der Waals surface area contributed by atoms with Crippen LogP contribution in [0.3, 0.4) is 0 Å². The average Bonchev–Trinajstić information content (AvgIpc) is 3.42. The molecule has 2 heterocycles. The third kappa shape index (κ3) is 4.30. The van der Waals surface area contributed by atoms with Gasteiger partial charge in [0.05, 0.1) is 17.9 Å². The van der Waals surface area contributed by atoms with Crippen molar-refractivity contribution in [2.24, 2.45) is 7.05 Å². The zero-order valence-electron chi connectivity index (χ0n) is 18.3. The van der Waals surface area contributed by atoms with E-state index < -0.39 is 0 Å². The second-order valence-corrected chi connectivity index (χ2v) is 7.91. The summed E-state index contributed by atoms with van der Waals surface area (Å²) in [6.07, 6.45) is 2.10. The van der Waals surface area contributed by atoms with Gasteiger partial charge in [0.2, 0.25) is 5.91 Å². The largest absolute Gasteiger partial charge is 0.376 e. The highest BCUT2D eigenvalue weighted by molar-refractivity contribution is 6.05. The number of para-hydroxylation sites is 1. The van der Waals surface area contributed by atoms with Gasteiger partial charge in [-0.25, -0.2) is 4.68 Å². The van der Waals surface area contributed by atoms with Crippen LogP contribution < -0.4 is 16.2 Å². The fraction of sp³-hybridized carbons (Fsp3) is 0.292. The van der Waals surface area contributed by atoms with E-state index in [1.54, 1.807) is 36.9 Å². The first-order valence-corrected chi connectivity index (χ1v) is 10.7. The second-order valence-electron chi connectivity index (χ2n) is 7.91. The van der Waals surface area contributed by atoms with Crippen molar-refractivity contribution < 1.29 is 9.59 Å². The predicted molar refractivity (Wildman–Crippen MR) is 124 cm³/mol. The highest BCUT2D eigenvalue weighted by atomic mass is 16.2. The fourth-order valence-corrected chi connectivity index (χ4v) is 3.92. The number of aromatic nitrogens is 2. The molecule has 2 amide bonds. The summed E-state index contributed by atoms with van der Waals surface area (Å²) in [6.45, 7) is 3.59. The van der Waals surface area contributed by atoms with Crippen molar-refractivity contribution in [1.29, 1.82) is 0 Å². The maximum Gasteiger partial charge on any atom is 0.295 e. The molecule has 8 heteroatoms. The molecule has 2 aromatic carbocycles. The molecule has 0 unspecified atom stereocenters. The second kappa shape index (κ2) is 9.13. The lowest BCUT2D eigenvalue weighted by atomic mass is 10.2. The molecule has 1 fully saturated rings. The SMILES string of the molecule is Cc1c(NC(=O)c2cccc(NCC(=O)N3CCCC3)c2)c(=O)n(-c2ccccc2)n1C. The van der Waals surface area contributed by atoms with E-state index in [1.165, 1.54) is 4.68 Å². The Labute approximate surface area is 186 Å². The van der Waals surface area contributed by atoms with Crippen LogP contribution in [0.4, 0.5) is 11.4 Å². The van der Waals surface area contributed by atoms with E-state index in [1.807, 2.05) is 41.3 Å². The number of rotatable bonds is 6. The molecule has 3 aromatic rings. The van der Waals surface area contributed by atoms with Crippen LogP contribution >= 0.6 is 0 Å². The van der Waals surface area contributed by atoms with Gasteiger partial charge in [0.25, 0.3) is 11.5 Å². The van der Waals surface area contributed by atoms with E-state index in [9.17, 15) is 14.4 Å². The Hall–Kier alpha value is -3.81.